The molecule has 0 aliphatic rings. The van der Waals surface area contributed by atoms with Gasteiger partial charge in [0.1, 0.15) is 4.90 Å². The van der Waals surface area contributed by atoms with E-state index >= 15 is 0 Å². The second-order valence-electron chi connectivity index (χ2n) is 6.71. The average molecular weight is 414 g/mol. The van der Waals surface area contributed by atoms with E-state index in [9.17, 15) is 8.42 Å². The van der Waals surface area contributed by atoms with Gasteiger partial charge in [-0.3, -0.25) is 14.4 Å². The number of benzene rings is 1. The molecule has 0 aliphatic heterocycles. The van der Waals surface area contributed by atoms with E-state index in [1.54, 1.807) is 59.7 Å². The summed E-state index contributed by atoms with van der Waals surface area (Å²) in [5.41, 5.74) is 1.91. The first kappa shape index (κ1) is 18.6. The Kier molecular flexibility index (Phi) is 4.64. The molecule has 0 amide bonds. The third-order valence-electron chi connectivity index (χ3n) is 4.32. The molecular weight excluding hydrogens is 394 g/mol. The molecule has 28 heavy (non-hydrogen) atoms. The Bertz CT molecular complexity index is 1240. The molecule has 0 aliphatic carbocycles. The van der Waals surface area contributed by atoms with Gasteiger partial charge in [0.05, 0.1) is 33.0 Å². The molecule has 0 atom stereocenters. The van der Waals surface area contributed by atoms with Crippen LogP contribution in [0.15, 0.2) is 53.8 Å². The molecule has 0 spiro atoms. The number of aryl methyl sites for hydroxylation is 1. The van der Waals surface area contributed by atoms with Crippen LogP contribution in [0.1, 0.15) is 24.8 Å². The maximum Gasteiger partial charge on any atom is 0.263 e. The van der Waals surface area contributed by atoms with Gasteiger partial charge in [0.15, 0.2) is 0 Å². The fourth-order valence-corrected chi connectivity index (χ4v) is 4.79. The lowest BCUT2D eigenvalue weighted by Crippen LogP contribution is -2.14. The van der Waals surface area contributed by atoms with Crippen LogP contribution in [0, 0.1) is 0 Å². The molecule has 4 aromatic rings. The van der Waals surface area contributed by atoms with Crippen LogP contribution >= 0.6 is 11.3 Å². The van der Waals surface area contributed by atoms with Crippen molar-refractivity contribution in [2.45, 2.75) is 24.7 Å². The number of aromatic nitrogens is 4. The Balaban J connectivity index is 1.63. The molecule has 9 heteroatoms. The summed E-state index contributed by atoms with van der Waals surface area (Å²) in [6.07, 6.45) is 4.84. The van der Waals surface area contributed by atoms with Crippen molar-refractivity contribution in [2.24, 2.45) is 7.05 Å². The van der Waals surface area contributed by atoms with Crippen LogP contribution in [-0.4, -0.2) is 28.2 Å². The number of nitrogens with one attached hydrogen (secondary N) is 1. The molecule has 1 aromatic carbocycles. The normalized spacial score (nSPS) is 12.0. The summed E-state index contributed by atoms with van der Waals surface area (Å²) in [7, 11) is -2.00. The summed E-state index contributed by atoms with van der Waals surface area (Å²) in [5, 5.41) is 6.07. The number of nitrogens with zero attached hydrogens (tertiary/aromatic N) is 4. The predicted octanol–water partition coefficient (Wildman–Crippen LogP) is 4.02. The summed E-state index contributed by atoms with van der Waals surface area (Å²) in [4.78, 5) is 9.74. The number of rotatable bonds is 5. The van der Waals surface area contributed by atoms with Crippen molar-refractivity contribution in [1.29, 1.82) is 0 Å². The zero-order chi connectivity index (χ0) is 19.9. The second kappa shape index (κ2) is 6.99. The van der Waals surface area contributed by atoms with Gasteiger partial charge in [-0.25, -0.2) is 13.4 Å². The van der Waals surface area contributed by atoms with Gasteiger partial charge in [-0.15, -0.1) is 11.3 Å². The molecule has 0 bridgehead atoms. The average Bonchev–Trinajstić information content (AvgIpc) is 3.30. The Morgan fingerprint density at radius 3 is 2.57 bits per heavy atom. The number of hydrogen-bond acceptors (Lipinski definition) is 6. The third-order valence-corrected chi connectivity index (χ3v) is 6.99. The minimum Gasteiger partial charge on any atom is -0.277 e. The smallest absolute Gasteiger partial charge is 0.263 e. The Morgan fingerprint density at radius 2 is 1.89 bits per heavy atom. The van der Waals surface area contributed by atoms with E-state index in [4.69, 9.17) is 0 Å². The van der Waals surface area contributed by atoms with E-state index in [-0.39, 0.29) is 4.90 Å². The van der Waals surface area contributed by atoms with Crippen molar-refractivity contribution in [1.82, 2.24) is 19.7 Å². The highest BCUT2D eigenvalue weighted by Crippen LogP contribution is 2.29. The fraction of sp³-hybridized carbons (Fsp3) is 0.211. The van der Waals surface area contributed by atoms with E-state index in [2.05, 4.69) is 33.6 Å². The van der Waals surface area contributed by atoms with Gasteiger partial charge in [-0.1, -0.05) is 26.0 Å². The lowest BCUT2D eigenvalue weighted by molar-refractivity contribution is 0.601. The molecule has 0 radical (unpaired) electrons. The van der Waals surface area contributed by atoms with Crippen molar-refractivity contribution in [3.05, 3.63) is 53.9 Å². The lowest BCUT2D eigenvalue weighted by Gasteiger charge is -2.10. The number of anilines is 1. The van der Waals surface area contributed by atoms with E-state index in [1.807, 2.05) is 6.07 Å². The van der Waals surface area contributed by atoms with Gasteiger partial charge in [0.2, 0.25) is 0 Å². The number of hydrogen-bond donors (Lipinski definition) is 1. The predicted molar refractivity (Wildman–Crippen MR) is 111 cm³/mol. The molecule has 144 valence electrons. The Labute approximate surface area is 167 Å². The van der Waals surface area contributed by atoms with Crippen LogP contribution in [-0.2, 0) is 17.1 Å². The zero-order valence-corrected chi connectivity index (χ0v) is 17.3. The molecule has 1 N–H and O–H groups in total. The van der Waals surface area contributed by atoms with Crippen LogP contribution in [0.5, 0.6) is 0 Å². The first-order chi connectivity index (χ1) is 13.3. The van der Waals surface area contributed by atoms with Gasteiger partial charge < -0.3 is 0 Å². The maximum atomic E-state index is 12.8. The third kappa shape index (κ3) is 3.38. The Hall–Kier alpha value is -2.78. The molecule has 0 saturated carbocycles. The summed E-state index contributed by atoms with van der Waals surface area (Å²) < 4.78 is 29.9. The van der Waals surface area contributed by atoms with Crippen molar-refractivity contribution in [3.8, 4) is 10.6 Å². The maximum absolute atomic E-state index is 12.8. The minimum absolute atomic E-state index is 0.101. The van der Waals surface area contributed by atoms with Crippen LogP contribution in [0.4, 0.5) is 5.69 Å². The summed E-state index contributed by atoms with van der Waals surface area (Å²) in [6, 6.07) is 8.66. The molecule has 4 rings (SSSR count). The number of sulfonamides is 1. The first-order valence-corrected chi connectivity index (χ1v) is 11.0. The highest BCUT2D eigenvalue weighted by Gasteiger charge is 2.18. The monoisotopic (exact) mass is 413 g/mol. The van der Waals surface area contributed by atoms with Gasteiger partial charge in [0.25, 0.3) is 10.0 Å². The van der Waals surface area contributed by atoms with E-state index in [1.165, 1.54) is 6.20 Å². The molecule has 0 unspecified atom stereocenters. The molecule has 3 heterocycles. The lowest BCUT2D eigenvalue weighted by atomic mass is 10.2. The standard InChI is InChI=1S/C19H19N5O2S2/c1-12(2)19-21-11-17(27-19)15-8-7-14(10-20-15)28(25,26)23-16-6-4-5-13-9-22-24(3)18(13)16/h4-12,23H,1-3H3. The zero-order valence-electron chi connectivity index (χ0n) is 15.6. The summed E-state index contributed by atoms with van der Waals surface area (Å²) in [6.45, 7) is 4.17. The number of pyridine rings is 1. The van der Waals surface area contributed by atoms with E-state index in [0.717, 1.165) is 20.8 Å². The van der Waals surface area contributed by atoms with Crippen molar-refractivity contribution in [3.63, 3.8) is 0 Å². The Morgan fingerprint density at radius 1 is 1.07 bits per heavy atom. The number of para-hydroxylation sites is 1. The SMILES string of the molecule is CC(C)c1ncc(-c2ccc(S(=O)(=O)Nc3cccc4cnn(C)c34)cn2)s1. The largest absolute Gasteiger partial charge is 0.277 e. The van der Waals surface area contributed by atoms with Crippen molar-refractivity contribution < 1.29 is 8.42 Å². The van der Waals surface area contributed by atoms with Gasteiger partial charge in [-0.05, 0) is 18.2 Å². The highest BCUT2D eigenvalue weighted by atomic mass is 32.2. The van der Waals surface area contributed by atoms with Gasteiger partial charge >= 0.3 is 0 Å². The van der Waals surface area contributed by atoms with Crippen LogP contribution in [0.2, 0.25) is 0 Å². The number of fused-ring (bicyclic) bond motifs is 1. The van der Waals surface area contributed by atoms with Crippen molar-refractivity contribution in [2.75, 3.05) is 4.72 Å². The molecule has 0 fully saturated rings. The second-order valence-corrected chi connectivity index (χ2v) is 9.46. The van der Waals surface area contributed by atoms with Gasteiger partial charge in [-0.2, -0.15) is 5.10 Å². The molecule has 7 nitrogen and oxygen atoms in total. The minimum atomic E-state index is -3.77. The summed E-state index contributed by atoms with van der Waals surface area (Å²) >= 11 is 1.57. The number of thiazole rings is 1. The van der Waals surface area contributed by atoms with E-state index in [0.29, 0.717) is 17.3 Å². The highest BCUT2D eigenvalue weighted by molar-refractivity contribution is 7.92. The quantitative estimate of drug-likeness (QED) is 0.534. The summed E-state index contributed by atoms with van der Waals surface area (Å²) in [5.74, 6) is 0.345. The van der Waals surface area contributed by atoms with Gasteiger partial charge in [0, 0.05) is 30.7 Å². The van der Waals surface area contributed by atoms with Crippen LogP contribution in [0.25, 0.3) is 21.5 Å². The van der Waals surface area contributed by atoms with Crippen LogP contribution < -0.4 is 4.72 Å². The fourth-order valence-electron chi connectivity index (χ4n) is 2.88. The first-order valence-electron chi connectivity index (χ1n) is 8.71. The molecule has 3 aromatic heterocycles. The molecular formula is C19H19N5O2S2. The van der Waals surface area contributed by atoms with Crippen LogP contribution in [0.3, 0.4) is 0 Å². The topological polar surface area (TPSA) is 89.8 Å². The molecule has 0 saturated heterocycles. The van der Waals surface area contributed by atoms with Crippen molar-refractivity contribution >= 4 is 38.0 Å². The van der Waals surface area contributed by atoms with E-state index < -0.39 is 10.0 Å².